The molecule has 0 fully saturated rings. The van der Waals surface area contributed by atoms with E-state index in [4.69, 9.17) is 4.74 Å². The first-order chi connectivity index (χ1) is 9.38. The molecule has 0 aliphatic rings. The van der Waals surface area contributed by atoms with Crippen LogP contribution in [0, 0.1) is 25.5 Å². The summed E-state index contributed by atoms with van der Waals surface area (Å²) in [7, 11) is 0. The standard InChI is InChI=1S/C16H16F2O2/c1-9-4-5-12(7-14(9)17)20-16-6-10(2)15(18)8-13(16)11(3)19/h4-8,11,19H,1-3H3. The van der Waals surface area contributed by atoms with Crippen molar-refractivity contribution in [3.05, 3.63) is 58.7 Å². The summed E-state index contributed by atoms with van der Waals surface area (Å²) in [5, 5.41) is 9.68. The van der Waals surface area contributed by atoms with Crippen LogP contribution in [0.5, 0.6) is 11.5 Å². The van der Waals surface area contributed by atoms with Crippen LogP contribution in [0.1, 0.15) is 29.7 Å². The number of aliphatic hydroxyl groups excluding tert-OH is 1. The van der Waals surface area contributed by atoms with E-state index in [1.54, 1.807) is 26.0 Å². The Morgan fingerprint density at radius 3 is 2.25 bits per heavy atom. The number of ether oxygens (including phenoxy) is 1. The SMILES string of the molecule is Cc1ccc(Oc2cc(C)c(F)cc2C(C)O)cc1F. The highest BCUT2D eigenvalue weighted by Crippen LogP contribution is 2.32. The van der Waals surface area contributed by atoms with Crippen molar-refractivity contribution in [2.24, 2.45) is 0 Å². The first-order valence-electron chi connectivity index (χ1n) is 6.30. The van der Waals surface area contributed by atoms with Crippen molar-refractivity contribution in [3.8, 4) is 11.5 Å². The summed E-state index contributed by atoms with van der Waals surface area (Å²) in [5.41, 5.74) is 1.24. The summed E-state index contributed by atoms with van der Waals surface area (Å²) in [6.07, 6.45) is -0.879. The fraction of sp³-hybridized carbons (Fsp3) is 0.250. The van der Waals surface area contributed by atoms with E-state index in [9.17, 15) is 13.9 Å². The van der Waals surface area contributed by atoms with Gasteiger partial charge in [-0.25, -0.2) is 8.78 Å². The molecule has 2 nitrogen and oxygen atoms in total. The summed E-state index contributed by atoms with van der Waals surface area (Å²) in [6.45, 7) is 4.78. The normalized spacial score (nSPS) is 12.3. The van der Waals surface area contributed by atoms with Crippen molar-refractivity contribution in [1.82, 2.24) is 0 Å². The Kier molecular flexibility index (Phi) is 4.04. The van der Waals surface area contributed by atoms with Crippen LogP contribution < -0.4 is 4.74 Å². The minimum absolute atomic E-state index is 0.306. The van der Waals surface area contributed by atoms with Crippen LogP contribution in [0.25, 0.3) is 0 Å². The molecule has 1 N–H and O–H groups in total. The molecule has 0 spiro atoms. The van der Waals surface area contributed by atoms with E-state index in [1.165, 1.54) is 25.1 Å². The second-order valence-corrected chi connectivity index (χ2v) is 4.83. The summed E-state index contributed by atoms with van der Waals surface area (Å²) in [5.74, 6) is -0.161. The smallest absolute Gasteiger partial charge is 0.133 e. The lowest BCUT2D eigenvalue weighted by atomic mass is 10.1. The predicted molar refractivity (Wildman–Crippen MR) is 73.0 cm³/mol. The number of benzene rings is 2. The molecule has 0 amide bonds. The van der Waals surface area contributed by atoms with Gasteiger partial charge in [-0.05, 0) is 50.1 Å². The fourth-order valence-corrected chi connectivity index (χ4v) is 1.85. The second kappa shape index (κ2) is 5.59. The number of aryl methyl sites for hydroxylation is 2. The molecule has 2 aromatic rings. The van der Waals surface area contributed by atoms with Gasteiger partial charge in [0.05, 0.1) is 6.10 Å². The Bertz CT molecular complexity index is 637. The molecule has 0 saturated carbocycles. The second-order valence-electron chi connectivity index (χ2n) is 4.83. The number of hydrogen-bond donors (Lipinski definition) is 1. The van der Waals surface area contributed by atoms with Gasteiger partial charge >= 0.3 is 0 Å². The van der Waals surface area contributed by atoms with E-state index in [0.29, 0.717) is 28.2 Å². The van der Waals surface area contributed by atoms with Crippen LogP contribution in [0.2, 0.25) is 0 Å². The van der Waals surface area contributed by atoms with Gasteiger partial charge in [0.25, 0.3) is 0 Å². The lowest BCUT2D eigenvalue weighted by Crippen LogP contribution is -1.99. The predicted octanol–water partition coefficient (Wildman–Crippen LogP) is 4.43. The Hall–Kier alpha value is -1.94. The van der Waals surface area contributed by atoms with E-state index in [0.717, 1.165) is 0 Å². The minimum Gasteiger partial charge on any atom is -0.457 e. The van der Waals surface area contributed by atoms with Crippen LogP contribution in [-0.2, 0) is 0 Å². The van der Waals surface area contributed by atoms with Gasteiger partial charge in [0.2, 0.25) is 0 Å². The lowest BCUT2D eigenvalue weighted by molar-refractivity contribution is 0.195. The number of rotatable bonds is 3. The highest BCUT2D eigenvalue weighted by Gasteiger charge is 2.14. The van der Waals surface area contributed by atoms with E-state index in [-0.39, 0.29) is 5.82 Å². The summed E-state index contributed by atoms with van der Waals surface area (Å²) >= 11 is 0. The lowest BCUT2D eigenvalue weighted by Gasteiger charge is -2.15. The topological polar surface area (TPSA) is 29.5 Å². The first kappa shape index (κ1) is 14.5. The van der Waals surface area contributed by atoms with Crippen molar-refractivity contribution in [2.45, 2.75) is 26.9 Å². The molecule has 0 radical (unpaired) electrons. The third-order valence-electron chi connectivity index (χ3n) is 3.11. The molecule has 0 saturated heterocycles. The molecule has 2 rings (SSSR count). The summed E-state index contributed by atoms with van der Waals surface area (Å²) < 4.78 is 32.6. The molecule has 0 aliphatic heterocycles. The number of aliphatic hydroxyl groups is 1. The molecule has 1 atom stereocenters. The molecule has 0 aliphatic carbocycles. The Morgan fingerprint density at radius 2 is 1.65 bits per heavy atom. The van der Waals surface area contributed by atoms with Crippen molar-refractivity contribution in [1.29, 1.82) is 0 Å². The largest absolute Gasteiger partial charge is 0.457 e. The maximum atomic E-state index is 13.5. The molecule has 106 valence electrons. The van der Waals surface area contributed by atoms with E-state index < -0.39 is 11.9 Å². The van der Waals surface area contributed by atoms with Gasteiger partial charge in [-0.2, -0.15) is 0 Å². The highest BCUT2D eigenvalue weighted by molar-refractivity contribution is 5.42. The van der Waals surface area contributed by atoms with Crippen LogP contribution in [-0.4, -0.2) is 5.11 Å². The Labute approximate surface area is 116 Å². The van der Waals surface area contributed by atoms with E-state index in [1.807, 2.05) is 0 Å². The zero-order chi connectivity index (χ0) is 14.9. The van der Waals surface area contributed by atoms with Crippen LogP contribution in [0.4, 0.5) is 8.78 Å². The number of hydrogen-bond acceptors (Lipinski definition) is 2. The van der Waals surface area contributed by atoms with E-state index in [2.05, 4.69) is 0 Å². The van der Waals surface area contributed by atoms with Gasteiger partial charge in [0, 0.05) is 11.6 Å². The Morgan fingerprint density at radius 1 is 1.00 bits per heavy atom. The molecular weight excluding hydrogens is 262 g/mol. The zero-order valence-corrected chi connectivity index (χ0v) is 11.6. The molecule has 0 aromatic heterocycles. The first-order valence-corrected chi connectivity index (χ1v) is 6.30. The average molecular weight is 278 g/mol. The maximum absolute atomic E-state index is 13.5. The van der Waals surface area contributed by atoms with Gasteiger partial charge < -0.3 is 9.84 Å². The summed E-state index contributed by atoms with van der Waals surface area (Å²) in [6, 6.07) is 7.22. The van der Waals surface area contributed by atoms with Gasteiger partial charge in [0.15, 0.2) is 0 Å². The van der Waals surface area contributed by atoms with Gasteiger partial charge in [0.1, 0.15) is 23.1 Å². The number of halogens is 2. The molecule has 4 heteroatoms. The molecule has 0 heterocycles. The average Bonchev–Trinajstić information content (AvgIpc) is 2.37. The van der Waals surface area contributed by atoms with Gasteiger partial charge in [-0.3, -0.25) is 0 Å². The monoisotopic (exact) mass is 278 g/mol. The van der Waals surface area contributed by atoms with Crippen LogP contribution in [0.3, 0.4) is 0 Å². The highest BCUT2D eigenvalue weighted by atomic mass is 19.1. The molecule has 20 heavy (non-hydrogen) atoms. The van der Waals surface area contributed by atoms with Crippen LogP contribution >= 0.6 is 0 Å². The van der Waals surface area contributed by atoms with Crippen molar-refractivity contribution in [2.75, 3.05) is 0 Å². The molecule has 0 bridgehead atoms. The Balaban J connectivity index is 2.41. The maximum Gasteiger partial charge on any atom is 0.133 e. The minimum atomic E-state index is -0.879. The quantitative estimate of drug-likeness (QED) is 0.900. The summed E-state index contributed by atoms with van der Waals surface area (Å²) in [4.78, 5) is 0. The molecular formula is C16H16F2O2. The van der Waals surface area contributed by atoms with E-state index >= 15 is 0 Å². The van der Waals surface area contributed by atoms with Gasteiger partial charge in [-0.15, -0.1) is 0 Å². The third kappa shape index (κ3) is 2.96. The third-order valence-corrected chi connectivity index (χ3v) is 3.11. The zero-order valence-electron chi connectivity index (χ0n) is 11.6. The fourth-order valence-electron chi connectivity index (χ4n) is 1.85. The molecule has 2 aromatic carbocycles. The molecule has 1 unspecified atom stereocenters. The van der Waals surface area contributed by atoms with Crippen molar-refractivity contribution in [3.63, 3.8) is 0 Å². The van der Waals surface area contributed by atoms with Crippen LogP contribution in [0.15, 0.2) is 30.3 Å². The van der Waals surface area contributed by atoms with Crippen molar-refractivity contribution < 1.29 is 18.6 Å². The van der Waals surface area contributed by atoms with Gasteiger partial charge in [-0.1, -0.05) is 6.07 Å². The van der Waals surface area contributed by atoms with Crippen molar-refractivity contribution >= 4 is 0 Å².